The van der Waals surface area contributed by atoms with Crippen molar-refractivity contribution in [1.82, 2.24) is 10.2 Å². The van der Waals surface area contributed by atoms with Crippen LogP contribution in [0.4, 0.5) is 11.4 Å². The zero-order valence-corrected chi connectivity index (χ0v) is 19.2. The number of ketones is 1. The maximum absolute atomic E-state index is 13.7. The number of hydrogen-bond donors (Lipinski definition) is 1. The van der Waals surface area contributed by atoms with Crippen LogP contribution in [0.2, 0.25) is 0 Å². The zero-order valence-electron chi connectivity index (χ0n) is 19.2. The second-order valence-electron chi connectivity index (χ2n) is 8.95. The third kappa shape index (κ3) is 3.26. The summed E-state index contributed by atoms with van der Waals surface area (Å²) < 4.78 is 5.78. The minimum absolute atomic E-state index is 0.0277. The van der Waals surface area contributed by atoms with E-state index < -0.39 is 5.54 Å². The minimum Gasteiger partial charge on any atom is -0.364 e. The van der Waals surface area contributed by atoms with Crippen molar-refractivity contribution in [2.45, 2.75) is 58.4 Å². The van der Waals surface area contributed by atoms with E-state index in [1.54, 1.807) is 26.1 Å². The Bertz CT molecular complexity index is 1100. The average molecular weight is 437 g/mol. The number of aliphatic imine (C=N–C) groups is 1. The summed E-state index contributed by atoms with van der Waals surface area (Å²) in [7, 11) is 1.64. The number of amides is 2. The van der Waals surface area contributed by atoms with E-state index in [4.69, 9.17) is 9.73 Å². The quantitative estimate of drug-likeness (QED) is 0.320. The molecule has 3 aliphatic rings. The van der Waals surface area contributed by atoms with Gasteiger partial charge in [-0.15, -0.1) is 0 Å². The van der Waals surface area contributed by atoms with Crippen molar-refractivity contribution in [3.63, 3.8) is 0 Å². The molecule has 3 aliphatic heterocycles. The number of epoxide rings is 1. The highest BCUT2D eigenvalue weighted by molar-refractivity contribution is 6.28. The molecule has 2 amide bonds. The van der Waals surface area contributed by atoms with Crippen LogP contribution in [0.15, 0.2) is 52.3 Å². The van der Waals surface area contributed by atoms with E-state index in [1.165, 1.54) is 11.0 Å². The number of Topliss-reactive ketones (excluding diaryl/α,β-unsaturated/α-hetero) is 1. The lowest BCUT2D eigenvalue weighted by Crippen LogP contribution is -2.52. The smallest absolute Gasteiger partial charge is 0.249 e. The first kappa shape index (κ1) is 22.0. The Morgan fingerprint density at radius 1 is 1.28 bits per heavy atom. The summed E-state index contributed by atoms with van der Waals surface area (Å²) in [5.74, 6) is 0.0484. The Labute approximate surface area is 187 Å². The molecule has 1 aromatic carbocycles. The predicted octanol–water partition coefficient (Wildman–Crippen LogP) is 2.48. The lowest BCUT2D eigenvalue weighted by atomic mass is 9.90. The van der Waals surface area contributed by atoms with Crippen LogP contribution in [-0.4, -0.2) is 59.5 Å². The largest absolute Gasteiger partial charge is 0.364 e. The number of hydrogen-bond acceptors (Lipinski definition) is 6. The van der Waals surface area contributed by atoms with E-state index in [9.17, 15) is 14.4 Å². The normalized spacial score (nSPS) is 28.3. The molecule has 2 saturated heterocycles. The van der Waals surface area contributed by atoms with Gasteiger partial charge in [0.2, 0.25) is 12.3 Å². The summed E-state index contributed by atoms with van der Waals surface area (Å²) in [6, 6.07) is 7.15. The fourth-order valence-electron chi connectivity index (χ4n) is 4.83. The molecule has 1 aromatic rings. The van der Waals surface area contributed by atoms with Gasteiger partial charge in [0.25, 0.3) is 0 Å². The molecule has 4 rings (SSSR count). The number of nitrogens with zero attached hydrogens (tertiary/aromatic N) is 3. The number of allylic oxidation sites excluding steroid dienone is 1. The minimum atomic E-state index is -0.886. The molecule has 8 nitrogen and oxygen atoms in total. The van der Waals surface area contributed by atoms with Crippen LogP contribution in [-0.2, 0) is 19.1 Å². The molecule has 0 radical (unpaired) electrons. The molecule has 8 heteroatoms. The van der Waals surface area contributed by atoms with Crippen LogP contribution in [0.1, 0.15) is 34.6 Å². The fourth-order valence-corrected chi connectivity index (χ4v) is 4.83. The predicted molar refractivity (Wildman–Crippen MR) is 122 cm³/mol. The zero-order chi connectivity index (χ0) is 23.4. The number of carbonyl (C=O) groups excluding carboxylic acids is 3. The molecule has 4 atom stereocenters. The number of anilines is 1. The summed E-state index contributed by atoms with van der Waals surface area (Å²) in [5, 5.41) is 2.94. The van der Waals surface area contributed by atoms with Crippen molar-refractivity contribution < 1.29 is 19.1 Å². The molecule has 3 heterocycles. The summed E-state index contributed by atoms with van der Waals surface area (Å²) in [5.41, 5.74) is 1.98. The molecule has 168 valence electrons. The van der Waals surface area contributed by atoms with Gasteiger partial charge < -0.3 is 19.9 Å². The topological polar surface area (TPSA) is 94.6 Å². The van der Waals surface area contributed by atoms with Crippen molar-refractivity contribution in [2.24, 2.45) is 4.99 Å². The first-order valence-corrected chi connectivity index (χ1v) is 10.6. The average Bonchev–Trinajstić information content (AvgIpc) is 3.46. The maximum atomic E-state index is 13.7. The van der Waals surface area contributed by atoms with Gasteiger partial charge >= 0.3 is 0 Å². The summed E-state index contributed by atoms with van der Waals surface area (Å²) >= 11 is 0. The second-order valence-corrected chi connectivity index (χ2v) is 8.95. The van der Waals surface area contributed by atoms with Gasteiger partial charge in [-0.05, 0) is 46.8 Å². The molecule has 0 aliphatic carbocycles. The van der Waals surface area contributed by atoms with E-state index in [2.05, 4.69) is 5.32 Å². The van der Waals surface area contributed by atoms with Gasteiger partial charge in [0.15, 0.2) is 5.78 Å². The van der Waals surface area contributed by atoms with Gasteiger partial charge in [0.05, 0.1) is 28.7 Å². The van der Waals surface area contributed by atoms with Gasteiger partial charge in [-0.2, -0.15) is 0 Å². The highest BCUT2D eigenvalue weighted by Gasteiger charge is 2.72. The molecule has 0 saturated carbocycles. The van der Waals surface area contributed by atoms with Crippen molar-refractivity contribution >= 4 is 35.2 Å². The molecule has 2 fully saturated rings. The first-order chi connectivity index (χ1) is 15.1. The van der Waals surface area contributed by atoms with Crippen LogP contribution in [0.3, 0.4) is 0 Å². The van der Waals surface area contributed by atoms with Crippen LogP contribution < -0.4 is 10.2 Å². The van der Waals surface area contributed by atoms with E-state index in [-0.39, 0.29) is 29.9 Å². The summed E-state index contributed by atoms with van der Waals surface area (Å²) in [4.78, 5) is 45.8. The van der Waals surface area contributed by atoms with Gasteiger partial charge in [-0.3, -0.25) is 19.4 Å². The van der Waals surface area contributed by atoms with Crippen molar-refractivity contribution in [3.8, 4) is 0 Å². The molecule has 32 heavy (non-hydrogen) atoms. The van der Waals surface area contributed by atoms with Gasteiger partial charge in [0.1, 0.15) is 23.6 Å². The van der Waals surface area contributed by atoms with Crippen molar-refractivity contribution in [1.29, 1.82) is 0 Å². The Kier molecular flexibility index (Phi) is 5.29. The molecule has 0 aromatic heterocycles. The van der Waals surface area contributed by atoms with E-state index >= 15 is 0 Å². The summed E-state index contributed by atoms with van der Waals surface area (Å²) in [6.07, 6.45) is 1.97. The third-order valence-electron chi connectivity index (χ3n) is 6.36. The number of carbonyl (C=O) groups is 3. The Hall–Kier alpha value is -3.26. The molecule has 0 unspecified atom stereocenters. The lowest BCUT2D eigenvalue weighted by Gasteiger charge is -2.35. The number of para-hydroxylation sites is 2. The number of nitrogens with one attached hydrogen (secondary N) is 1. The van der Waals surface area contributed by atoms with Crippen LogP contribution in [0.25, 0.3) is 0 Å². The SMILES string of the molecule is CC(C)=CC(=O)NC1=C(C(C)=Nc2ccccc2N(C)C=O)C(=O)[C@]2(C)[C@@H]3O[C@@H]3[C@H](C)N12. The Balaban J connectivity index is 1.82. The highest BCUT2D eigenvalue weighted by Crippen LogP contribution is 2.54. The number of rotatable bonds is 6. The second kappa shape index (κ2) is 7.70. The van der Waals surface area contributed by atoms with Crippen LogP contribution in [0, 0.1) is 0 Å². The standard InChI is InChI=1S/C24H28N4O4/c1-13(2)11-18(30)26-23-19(21(31)24(5)22-20(32-22)15(4)28(23)24)14(3)25-16-9-7-8-10-17(16)27(6)12-29/h7-12,15,20,22H,1-6H3,(H,26,30)/t15-,20+,22+,24+/m0/s1. The van der Waals surface area contributed by atoms with E-state index in [1.807, 2.05) is 44.7 Å². The molecule has 0 spiro atoms. The van der Waals surface area contributed by atoms with Crippen LogP contribution >= 0.6 is 0 Å². The number of morpholine rings is 1. The van der Waals surface area contributed by atoms with Gasteiger partial charge in [-0.1, -0.05) is 17.7 Å². The highest BCUT2D eigenvalue weighted by atomic mass is 16.6. The maximum Gasteiger partial charge on any atom is 0.249 e. The van der Waals surface area contributed by atoms with E-state index in [0.29, 0.717) is 34.9 Å². The number of fused-ring (bicyclic) bond motifs is 3. The van der Waals surface area contributed by atoms with E-state index in [0.717, 1.165) is 5.57 Å². The number of benzene rings is 1. The Morgan fingerprint density at radius 3 is 2.62 bits per heavy atom. The third-order valence-corrected chi connectivity index (χ3v) is 6.36. The summed E-state index contributed by atoms with van der Waals surface area (Å²) in [6.45, 7) is 9.30. The molecule has 0 bridgehead atoms. The Morgan fingerprint density at radius 2 is 1.97 bits per heavy atom. The van der Waals surface area contributed by atoms with Crippen molar-refractivity contribution in [2.75, 3.05) is 11.9 Å². The van der Waals surface area contributed by atoms with Gasteiger partial charge in [0, 0.05) is 13.1 Å². The molecular weight excluding hydrogens is 408 g/mol. The first-order valence-electron chi connectivity index (χ1n) is 10.6. The van der Waals surface area contributed by atoms with Gasteiger partial charge in [-0.25, -0.2) is 0 Å². The lowest BCUT2D eigenvalue weighted by molar-refractivity contribution is -0.125. The monoisotopic (exact) mass is 436 g/mol. The number of ether oxygens (including phenoxy) is 1. The van der Waals surface area contributed by atoms with Crippen LogP contribution in [0.5, 0.6) is 0 Å². The molecular formula is C24H28N4O4. The fraction of sp³-hybridized carbons (Fsp3) is 0.417. The van der Waals surface area contributed by atoms with Crippen molar-refractivity contribution in [3.05, 3.63) is 47.3 Å². The molecule has 1 N–H and O–H groups in total.